The predicted octanol–water partition coefficient (Wildman–Crippen LogP) is 3.79. The summed E-state index contributed by atoms with van der Waals surface area (Å²) in [5.74, 6) is 0.0419. The number of nitrogens with zero attached hydrogens (tertiary/aromatic N) is 3. The number of carbonyl (C=O) groups is 1. The molecule has 2 atom stereocenters. The maximum atomic E-state index is 13.9. The van der Waals surface area contributed by atoms with Crippen LogP contribution in [0.4, 0.5) is 0 Å². The van der Waals surface area contributed by atoms with Crippen molar-refractivity contribution in [2.24, 2.45) is 0 Å². The summed E-state index contributed by atoms with van der Waals surface area (Å²) in [6, 6.07) is 22.8. The van der Waals surface area contributed by atoms with Crippen LogP contribution in [0.15, 0.2) is 79.1 Å². The second-order valence-electron chi connectivity index (χ2n) is 8.95. The number of morpholine rings is 1. The number of carbonyl (C=O) groups excluding carboxylic acids is 1. The first-order chi connectivity index (χ1) is 15.6. The highest BCUT2D eigenvalue weighted by Crippen LogP contribution is 2.42. The average Bonchev–Trinajstić information content (AvgIpc) is 3.17. The predicted molar refractivity (Wildman–Crippen MR) is 124 cm³/mol. The number of amides is 1. The minimum Gasteiger partial charge on any atom is -0.361 e. The van der Waals surface area contributed by atoms with Gasteiger partial charge >= 0.3 is 0 Å². The van der Waals surface area contributed by atoms with Gasteiger partial charge in [-0.1, -0.05) is 66.2 Å². The van der Waals surface area contributed by atoms with Crippen LogP contribution in [0, 0.1) is 6.92 Å². The summed E-state index contributed by atoms with van der Waals surface area (Å²) in [5, 5.41) is 0. The molecule has 2 saturated heterocycles. The third-order valence-electron chi connectivity index (χ3n) is 6.62. The molecule has 2 aliphatic heterocycles. The zero-order valence-electron chi connectivity index (χ0n) is 18.5. The molecular formula is C27H29N3O2. The van der Waals surface area contributed by atoms with E-state index in [0.717, 1.165) is 24.2 Å². The molecule has 5 rings (SSSR count). The monoisotopic (exact) mass is 427 g/mol. The molecule has 32 heavy (non-hydrogen) atoms. The van der Waals surface area contributed by atoms with Gasteiger partial charge in [-0.15, -0.1) is 0 Å². The molecule has 0 radical (unpaired) electrons. The van der Waals surface area contributed by atoms with E-state index >= 15 is 0 Å². The Bertz CT molecular complexity index is 1070. The van der Waals surface area contributed by atoms with Gasteiger partial charge in [0.2, 0.25) is 0 Å². The van der Waals surface area contributed by atoms with Gasteiger partial charge in [-0.25, -0.2) is 0 Å². The lowest BCUT2D eigenvalue weighted by Gasteiger charge is -2.42. The number of pyridine rings is 1. The Morgan fingerprint density at radius 1 is 1.03 bits per heavy atom. The van der Waals surface area contributed by atoms with Gasteiger partial charge in [0.1, 0.15) is 0 Å². The summed E-state index contributed by atoms with van der Waals surface area (Å²) in [7, 11) is 0. The molecule has 0 N–H and O–H groups in total. The number of benzene rings is 2. The fraction of sp³-hybridized carbons (Fsp3) is 0.333. The van der Waals surface area contributed by atoms with Gasteiger partial charge in [-0.3, -0.25) is 14.7 Å². The highest BCUT2D eigenvalue weighted by molar-refractivity contribution is 5.88. The van der Waals surface area contributed by atoms with Gasteiger partial charge < -0.3 is 9.64 Å². The summed E-state index contributed by atoms with van der Waals surface area (Å²) in [4.78, 5) is 22.6. The molecule has 5 nitrogen and oxygen atoms in total. The molecule has 1 spiro atoms. The lowest BCUT2D eigenvalue weighted by molar-refractivity contribution is -0.173. The van der Waals surface area contributed by atoms with Crippen molar-refractivity contribution < 1.29 is 9.53 Å². The third kappa shape index (κ3) is 4.06. The van der Waals surface area contributed by atoms with E-state index in [1.165, 1.54) is 11.1 Å². The molecule has 0 unspecified atom stereocenters. The number of hydrogen-bond donors (Lipinski definition) is 0. The number of aryl methyl sites for hydroxylation is 1. The highest BCUT2D eigenvalue weighted by Gasteiger charge is 2.56. The van der Waals surface area contributed by atoms with Crippen LogP contribution < -0.4 is 0 Å². The Labute approximate surface area is 189 Å². The lowest BCUT2D eigenvalue weighted by Crippen LogP contribution is -2.59. The van der Waals surface area contributed by atoms with E-state index in [1.54, 1.807) is 6.20 Å². The molecule has 2 aromatic carbocycles. The molecule has 0 aliphatic carbocycles. The molecule has 164 valence electrons. The van der Waals surface area contributed by atoms with Crippen LogP contribution in [0.2, 0.25) is 0 Å². The zero-order chi connectivity index (χ0) is 22.0. The largest absolute Gasteiger partial charge is 0.361 e. The zero-order valence-corrected chi connectivity index (χ0v) is 18.5. The van der Waals surface area contributed by atoms with Crippen LogP contribution in [0.5, 0.6) is 0 Å². The normalized spacial score (nSPS) is 23.7. The maximum Gasteiger partial charge on any atom is 0.257 e. The molecule has 5 heteroatoms. The second-order valence-corrected chi connectivity index (χ2v) is 8.95. The van der Waals surface area contributed by atoms with Crippen LogP contribution in [-0.2, 0) is 22.6 Å². The van der Waals surface area contributed by atoms with Crippen molar-refractivity contribution in [3.63, 3.8) is 0 Å². The van der Waals surface area contributed by atoms with E-state index in [0.29, 0.717) is 26.2 Å². The third-order valence-corrected chi connectivity index (χ3v) is 6.62. The number of rotatable bonds is 5. The smallest absolute Gasteiger partial charge is 0.257 e. The van der Waals surface area contributed by atoms with E-state index in [9.17, 15) is 4.79 Å². The number of hydrogen-bond acceptors (Lipinski definition) is 4. The standard InChI is InChI=1S/C27H29N3O2/c1-21-7-5-10-23(15-21)17-29-19-25(24-11-6-12-28-16-24)27(20-29)26(31)30(13-14-32-27)18-22-8-3-2-4-9-22/h2-12,15-16,25H,13-14,17-20H2,1H3/t25-,27+/m0/s1. The molecule has 0 bridgehead atoms. The minimum absolute atomic E-state index is 0.0490. The summed E-state index contributed by atoms with van der Waals surface area (Å²) >= 11 is 0. The molecular weight excluding hydrogens is 398 g/mol. The van der Waals surface area contributed by atoms with Crippen LogP contribution >= 0.6 is 0 Å². The second kappa shape index (κ2) is 8.85. The average molecular weight is 428 g/mol. The fourth-order valence-electron chi connectivity index (χ4n) is 5.14. The minimum atomic E-state index is -0.875. The van der Waals surface area contributed by atoms with E-state index in [1.807, 2.05) is 35.4 Å². The Balaban J connectivity index is 1.45. The van der Waals surface area contributed by atoms with Crippen molar-refractivity contribution >= 4 is 5.91 Å². The Morgan fingerprint density at radius 2 is 1.88 bits per heavy atom. The topological polar surface area (TPSA) is 45.7 Å². The Kier molecular flexibility index (Phi) is 5.77. The molecule has 2 aliphatic rings. The summed E-state index contributed by atoms with van der Waals surface area (Å²) in [5.41, 5.74) is 3.84. The van der Waals surface area contributed by atoms with Crippen LogP contribution in [0.25, 0.3) is 0 Å². The van der Waals surface area contributed by atoms with Crippen LogP contribution in [-0.4, -0.2) is 52.5 Å². The molecule has 3 aromatic rings. The van der Waals surface area contributed by atoms with Crippen molar-refractivity contribution in [1.82, 2.24) is 14.8 Å². The summed E-state index contributed by atoms with van der Waals surface area (Å²) < 4.78 is 6.40. The molecule has 3 heterocycles. The van der Waals surface area contributed by atoms with Gasteiger partial charge in [0.15, 0.2) is 5.60 Å². The number of ether oxygens (including phenoxy) is 1. The quantitative estimate of drug-likeness (QED) is 0.622. The first-order valence-corrected chi connectivity index (χ1v) is 11.3. The van der Waals surface area contributed by atoms with Crippen LogP contribution in [0.3, 0.4) is 0 Å². The van der Waals surface area contributed by atoms with Gasteiger partial charge in [-0.2, -0.15) is 0 Å². The molecule has 1 amide bonds. The maximum absolute atomic E-state index is 13.9. The Morgan fingerprint density at radius 3 is 2.66 bits per heavy atom. The van der Waals surface area contributed by atoms with Gasteiger partial charge in [0.25, 0.3) is 5.91 Å². The van der Waals surface area contributed by atoms with Gasteiger partial charge in [0, 0.05) is 51.0 Å². The molecule has 0 saturated carbocycles. The Hall–Kier alpha value is -3.02. The van der Waals surface area contributed by atoms with E-state index in [4.69, 9.17) is 4.74 Å². The lowest BCUT2D eigenvalue weighted by atomic mass is 9.83. The highest BCUT2D eigenvalue weighted by atomic mass is 16.5. The van der Waals surface area contributed by atoms with Crippen molar-refractivity contribution in [2.45, 2.75) is 31.5 Å². The molecule has 1 aromatic heterocycles. The van der Waals surface area contributed by atoms with E-state index in [-0.39, 0.29) is 11.8 Å². The van der Waals surface area contributed by atoms with Gasteiger partial charge in [-0.05, 0) is 29.7 Å². The summed E-state index contributed by atoms with van der Waals surface area (Å²) in [6.45, 7) is 6.05. The number of aromatic nitrogens is 1. The molecule has 2 fully saturated rings. The summed E-state index contributed by atoms with van der Waals surface area (Å²) in [6.07, 6.45) is 3.66. The fourth-order valence-corrected chi connectivity index (χ4v) is 5.14. The van der Waals surface area contributed by atoms with Gasteiger partial charge in [0.05, 0.1) is 6.61 Å². The van der Waals surface area contributed by atoms with Crippen molar-refractivity contribution in [1.29, 1.82) is 0 Å². The van der Waals surface area contributed by atoms with Crippen molar-refractivity contribution in [3.8, 4) is 0 Å². The van der Waals surface area contributed by atoms with E-state index < -0.39 is 5.60 Å². The van der Waals surface area contributed by atoms with Crippen LogP contribution in [0.1, 0.15) is 28.2 Å². The number of likely N-dealkylation sites (tertiary alicyclic amines) is 1. The van der Waals surface area contributed by atoms with Crippen molar-refractivity contribution in [3.05, 3.63) is 101 Å². The first kappa shape index (κ1) is 20.9. The first-order valence-electron chi connectivity index (χ1n) is 11.3. The van der Waals surface area contributed by atoms with Crippen molar-refractivity contribution in [2.75, 3.05) is 26.2 Å². The SMILES string of the molecule is Cc1cccc(CN2C[C@@H](c3cccnc3)[C@@]3(C2)OCCN(Cc2ccccc2)C3=O)c1. The van der Waals surface area contributed by atoms with E-state index in [2.05, 4.69) is 59.3 Å².